The first kappa shape index (κ1) is 10.5. The molecule has 0 aliphatic heterocycles. The smallest absolute Gasteiger partial charge is 0.0375 e. The van der Waals surface area contributed by atoms with Gasteiger partial charge in [-0.1, -0.05) is 55.7 Å². The monoisotopic (exact) mass is 163 g/mol. The molecule has 0 saturated heterocycles. The van der Waals surface area contributed by atoms with Crippen LogP contribution >= 0.6 is 0 Å². The van der Waals surface area contributed by atoms with Crippen LogP contribution in [0.5, 0.6) is 0 Å². The summed E-state index contributed by atoms with van der Waals surface area (Å²) in [6, 6.07) is 9.02. The van der Waals surface area contributed by atoms with Crippen LogP contribution in [0.25, 0.3) is 10.4 Å². The fraction of sp³-hybridized carbons (Fsp3) is 0.333. The van der Waals surface area contributed by atoms with Crippen molar-refractivity contribution in [3.63, 3.8) is 0 Å². The summed E-state index contributed by atoms with van der Waals surface area (Å²) in [5.41, 5.74) is 8.63. The van der Waals surface area contributed by atoms with Gasteiger partial charge in [0.1, 0.15) is 0 Å². The number of benzene rings is 1. The van der Waals surface area contributed by atoms with Crippen LogP contribution in [0.3, 0.4) is 0 Å². The van der Waals surface area contributed by atoms with Crippen molar-refractivity contribution >= 4 is 5.69 Å². The van der Waals surface area contributed by atoms with Crippen LogP contribution in [-0.4, -0.2) is 0 Å². The summed E-state index contributed by atoms with van der Waals surface area (Å²) in [5, 5.41) is 3.39. The van der Waals surface area contributed by atoms with Gasteiger partial charge >= 0.3 is 0 Å². The molecule has 0 N–H and O–H groups in total. The first-order valence-electron chi connectivity index (χ1n) is 3.95. The molecule has 0 heterocycles. The van der Waals surface area contributed by atoms with E-state index in [1.807, 2.05) is 18.2 Å². The van der Waals surface area contributed by atoms with Crippen LogP contribution in [0.4, 0.5) is 5.69 Å². The van der Waals surface area contributed by atoms with Gasteiger partial charge < -0.3 is 0 Å². The van der Waals surface area contributed by atoms with Crippen LogP contribution in [0.1, 0.15) is 20.3 Å². The van der Waals surface area contributed by atoms with E-state index in [-0.39, 0.29) is 0 Å². The van der Waals surface area contributed by atoms with Gasteiger partial charge in [0.2, 0.25) is 0 Å². The summed E-state index contributed by atoms with van der Waals surface area (Å²) in [6.07, 6.45) is 1.25. The van der Waals surface area contributed by atoms with E-state index in [0.717, 1.165) is 0 Å². The lowest BCUT2D eigenvalue weighted by Crippen LogP contribution is -1.56. The van der Waals surface area contributed by atoms with Gasteiger partial charge in [0, 0.05) is 10.6 Å². The normalized spacial score (nSPS) is 7.50. The second-order valence-electron chi connectivity index (χ2n) is 2.23. The molecule has 0 radical (unpaired) electrons. The molecule has 3 heteroatoms. The van der Waals surface area contributed by atoms with Crippen molar-refractivity contribution in [3.05, 3.63) is 40.8 Å². The number of hydrogen-bond donors (Lipinski definition) is 0. The fourth-order valence-electron chi connectivity index (χ4n) is 0.546. The Kier molecular flexibility index (Phi) is 6.70. The number of rotatable bonds is 1. The second-order valence-corrected chi connectivity index (χ2v) is 2.23. The molecule has 0 spiro atoms. The molecule has 1 rings (SSSR count). The highest BCUT2D eigenvalue weighted by Gasteiger charge is 1.78. The van der Waals surface area contributed by atoms with E-state index in [9.17, 15) is 0 Å². The molecule has 0 aromatic heterocycles. The third-order valence-electron chi connectivity index (χ3n) is 0.916. The third-order valence-corrected chi connectivity index (χ3v) is 0.916. The third kappa shape index (κ3) is 5.33. The van der Waals surface area contributed by atoms with Gasteiger partial charge in [0.25, 0.3) is 0 Å². The van der Waals surface area contributed by atoms with Crippen molar-refractivity contribution in [3.8, 4) is 0 Å². The minimum absolute atomic E-state index is 0.653. The van der Waals surface area contributed by atoms with Gasteiger partial charge in [-0.25, -0.2) is 0 Å². The lowest BCUT2D eigenvalue weighted by atomic mass is 10.3. The van der Waals surface area contributed by atoms with Gasteiger partial charge in [0.15, 0.2) is 0 Å². The molecule has 0 fully saturated rings. The number of nitrogens with zero attached hydrogens (tertiary/aromatic N) is 3. The molecule has 0 aliphatic carbocycles. The number of azide groups is 1. The van der Waals surface area contributed by atoms with E-state index in [4.69, 9.17) is 5.53 Å². The van der Waals surface area contributed by atoms with Crippen molar-refractivity contribution in [2.45, 2.75) is 20.3 Å². The first-order chi connectivity index (χ1) is 5.85. The standard InChI is InChI=1S/C6H5N3.C3H8/c7-9-8-6-4-2-1-3-5-6;1-3-2/h1-5H;3H2,1-2H3. The molecular weight excluding hydrogens is 150 g/mol. The summed E-state index contributed by atoms with van der Waals surface area (Å²) in [5.74, 6) is 0. The maximum absolute atomic E-state index is 7.98. The molecule has 0 saturated carbocycles. The Morgan fingerprint density at radius 3 is 2.17 bits per heavy atom. The lowest BCUT2D eigenvalue weighted by molar-refractivity contribution is 1.09. The number of hydrogen-bond acceptors (Lipinski definition) is 1. The van der Waals surface area contributed by atoms with E-state index in [1.165, 1.54) is 6.42 Å². The second kappa shape index (κ2) is 7.63. The summed E-state index contributed by atoms with van der Waals surface area (Å²) >= 11 is 0. The van der Waals surface area contributed by atoms with Crippen molar-refractivity contribution in [1.29, 1.82) is 0 Å². The van der Waals surface area contributed by atoms with Gasteiger partial charge in [-0.2, -0.15) is 0 Å². The first-order valence-corrected chi connectivity index (χ1v) is 3.95. The molecule has 0 aliphatic rings. The summed E-state index contributed by atoms with van der Waals surface area (Å²) in [4.78, 5) is 2.63. The average molecular weight is 163 g/mol. The largest absolute Gasteiger partial charge is 0.0656 e. The Morgan fingerprint density at radius 2 is 1.75 bits per heavy atom. The van der Waals surface area contributed by atoms with Crippen molar-refractivity contribution in [2.24, 2.45) is 5.11 Å². The zero-order valence-electron chi connectivity index (χ0n) is 7.44. The van der Waals surface area contributed by atoms with E-state index < -0.39 is 0 Å². The zero-order chi connectivity index (χ0) is 9.23. The SMILES string of the molecule is CCC.[N-]=[N+]=Nc1ccccc1. The Labute approximate surface area is 72.7 Å². The Balaban J connectivity index is 0.000000354. The highest BCUT2D eigenvalue weighted by atomic mass is 15.1. The predicted octanol–water partition coefficient (Wildman–Crippen LogP) is 4.04. The summed E-state index contributed by atoms with van der Waals surface area (Å²) < 4.78 is 0. The van der Waals surface area contributed by atoms with E-state index in [2.05, 4.69) is 23.9 Å². The van der Waals surface area contributed by atoms with Crippen molar-refractivity contribution < 1.29 is 0 Å². The predicted molar refractivity (Wildman–Crippen MR) is 51.2 cm³/mol. The molecule has 0 bridgehead atoms. The van der Waals surface area contributed by atoms with Crippen LogP contribution in [0, 0.1) is 0 Å². The van der Waals surface area contributed by atoms with Gasteiger partial charge in [-0.3, -0.25) is 0 Å². The zero-order valence-corrected chi connectivity index (χ0v) is 7.44. The summed E-state index contributed by atoms with van der Waals surface area (Å²) in [7, 11) is 0. The van der Waals surface area contributed by atoms with E-state index in [0.29, 0.717) is 5.69 Å². The van der Waals surface area contributed by atoms with Crippen LogP contribution in [-0.2, 0) is 0 Å². The molecular formula is C9H13N3. The molecule has 0 unspecified atom stereocenters. The molecule has 1 aromatic rings. The minimum atomic E-state index is 0.653. The van der Waals surface area contributed by atoms with E-state index >= 15 is 0 Å². The highest BCUT2D eigenvalue weighted by molar-refractivity contribution is 5.35. The van der Waals surface area contributed by atoms with Crippen molar-refractivity contribution in [1.82, 2.24) is 0 Å². The average Bonchev–Trinajstić information content (AvgIpc) is 2.08. The molecule has 3 nitrogen and oxygen atoms in total. The van der Waals surface area contributed by atoms with Gasteiger partial charge in [-0.15, -0.1) is 0 Å². The highest BCUT2D eigenvalue weighted by Crippen LogP contribution is 2.08. The Morgan fingerprint density at radius 1 is 1.25 bits per heavy atom. The van der Waals surface area contributed by atoms with Crippen LogP contribution in [0.15, 0.2) is 35.4 Å². The van der Waals surface area contributed by atoms with E-state index in [1.54, 1.807) is 12.1 Å². The van der Waals surface area contributed by atoms with Crippen LogP contribution in [0.2, 0.25) is 0 Å². The van der Waals surface area contributed by atoms with Gasteiger partial charge in [-0.05, 0) is 5.53 Å². The maximum Gasteiger partial charge on any atom is 0.0375 e. The Bertz CT molecular complexity index is 237. The molecule has 64 valence electrons. The summed E-state index contributed by atoms with van der Waals surface area (Å²) in [6.45, 7) is 4.25. The minimum Gasteiger partial charge on any atom is -0.0656 e. The fourth-order valence-corrected chi connectivity index (χ4v) is 0.546. The Hall–Kier alpha value is -1.47. The quantitative estimate of drug-likeness (QED) is 0.341. The van der Waals surface area contributed by atoms with Crippen molar-refractivity contribution in [2.75, 3.05) is 0 Å². The molecule has 0 amide bonds. The van der Waals surface area contributed by atoms with Crippen LogP contribution < -0.4 is 0 Å². The molecule has 1 aromatic carbocycles. The lowest BCUT2D eigenvalue weighted by Gasteiger charge is -1.83. The topological polar surface area (TPSA) is 48.8 Å². The molecule has 0 atom stereocenters. The molecule has 12 heavy (non-hydrogen) atoms. The van der Waals surface area contributed by atoms with Gasteiger partial charge in [0.05, 0.1) is 0 Å². The maximum atomic E-state index is 7.98.